The second-order valence-corrected chi connectivity index (χ2v) is 6.19. The molecule has 0 spiro atoms. The summed E-state index contributed by atoms with van der Waals surface area (Å²) >= 11 is 1.27. The predicted molar refractivity (Wildman–Crippen MR) is 101 cm³/mol. The Morgan fingerprint density at radius 3 is 2.85 bits per heavy atom. The number of nitrogens with one attached hydrogen (secondary N) is 1. The number of ether oxygens (including phenoxy) is 2. The molecule has 0 atom stereocenters. The van der Waals surface area contributed by atoms with E-state index < -0.39 is 10.8 Å². The van der Waals surface area contributed by atoms with Gasteiger partial charge in [0.25, 0.3) is 5.91 Å². The number of amides is 1. The molecule has 0 saturated heterocycles. The Bertz CT molecular complexity index is 973. The first-order chi connectivity index (χ1) is 13.1. The predicted octanol–water partition coefficient (Wildman–Crippen LogP) is 3.74. The van der Waals surface area contributed by atoms with E-state index >= 15 is 0 Å². The van der Waals surface area contributed by atoms with Crippen molar-refractivity contribution < 1.29 is 19.2 Å². The number of anilines is 1. The van der Waals surface area contributed by atoms with Crippen molar-refractivity contribution in [2.45, 2.75) is 0 Å². The minimum Gasteiger partial charge on any atom is -0.497 e. The highest BCUT2D eigenvalue weighted by atomic mass is 32.1. The fourth-order valence-electron chi connectivity index (χ4n) is 2.27. The normalized spacial score (nSPS) is 10.3. The van der Waals surface area contributed by atoms with E-state index in [9.17, 15) is 14.9 Å². The number of hydrogen-bond acceptors (Lipinski definition) is 7. The van der Waals surface area contributed by atoms with Gasteiger partial charge in [0.2, 0.25) is 0 Å². The number of thiazole rings is 1. The molecule has 0 fully saturated rings. The van der Waals surface area contributed by atoms with Crippen molar-refractivity contribution in [3.05, 3.63) is 64.0 Å². The number of hydrogen-bond donors (Lipinski definition) is 1. The van der Waals surface area contributed by atoms with Crippen LogP contribution >= 0.6 is 11.3 Å². The Hall–Kier alpha value is -3.46. The lowest BCUT2D eigenvalue weighted by molar-refractivity contribution is -0.385. The Kier molecular flexibility index (Phi) is 5.62. The minimum atomic E-state index is -0.561. The molecular weight excluding hydrogens is 370 g/mol. The first-order valence-corrected chi connectivity index (χ1v) is 8.71. The maximum atomic E-state index is 12.1. The summed E-state index contributed by atoms with van der Waals surface area (Å²) < 4.78 is 10.5. The average molecular weight is 385 g/mol. The van der Waals surface area contributed by atoms with Gasteiger partial charge >= 0.3 is 5.69 Å². The molecule has 138 valence electrons. The van der Waals surface area contributed by atoms with Gasteiger partial charge in [0, 0.05) is 17.0 Å². The molecule has 0 unspecified atom stereocenters. The van der Waals surface area contributed by atoms with Crippen molar-refractivity contribution in [3.8, 4) is 22.8 Å². The fourth-order valence-corrected chi connectivity index (χ4v) is 3.01. The van der Waals surface area contributed by atoms with Crippen LogP contribution in [0.1, 0.15) is 0 Å². The summed E-state index contributed by atoms with van der Waals surface area (Å²) in [4.78, 5) is 26.8. The number of methoxy groups -OCH3 is 1. The molecule has 3 aromatic rings. The van der Waals surface area contributed by atoms with Crippen LogP contribution in [0.25, 0.3) is 11.3 Å². The lowest BCUT2D eigenvalue weighted by Gasteiger charge is -2.06. The maximum absolute atomic E-state index is 12.1. The van der Waals surface area contributed by atoms with Crippen molar-refractivity contribution in [3.63, 3.8) is 0 Å². The number of rotatable bonds is 7. The second kappa shape index (κ2) is 8.28. The van der Waals surface area contributed by atoms with E-state index in [0.717, 1.165) is 5.56 Å². The van der Waals surface area contributed by atoms with Crippen molar-refractivity contribution in [1.82, 2.24) is 4.98 Å². The summed E-state index contributed by atoms with van der Waals surface area (Å²) in [5, 5.41) is 15.8. The molecule has 1 N–H and O–H groups in total. The molecular formula is C18H15N3O5S. The molecule has 1 aromatic heterocycles. The van der Waals surface area contributed by atoms with Crippen molar-refractivity contribution in [1.29, 1.82) is 0 Å². The molecule has 9 heteroatoms. The van der Waals surface area contributed by atoms with Crippen LogP contribution in [0.5, 0.6) is 11.5 Å². The summed E-state index contributed by atoms with van der Waals surface area (Å²) in [5.41, 5.74) is 1.37. The minimum absolute atomic E-state index is 0.0360. The zero-order valence-corrected chi connectivity index (χ0v) is 15.1. The lowest BCUT2D eigenvalue weighted by Crippen LogP contribution is -2.20. The molecule has 0 saturated carbocycles. The molecule has 27 heavy (non-hydrogen) atoms. The Balaban J connectivity index is 1.62. The van der Waals surface area contributed by atoms with Crippen LogP contribution < -0.4 is 14.8 Å². The largest absolute Gasteiger partial charge is 0.497 e. The number of aromatic nitrogens is 1. The Morgan fingerprint density at radius 1 is 1.26 bits per heavy atom. The number of nitro groups is 1. The van der Waals surface area contributed by atoms with E-state index in [1.165, 1.54) is 29.5 Å². The third-order valence-electron chi connectivity index (χ3n) is 3.54. The monoisotopic (exact) mass is 385 g/mol. The van der Waals surface area contributed by atoms with Crippen LogP contribution in [0, 0.1) is 10.1 Å². The third-order valence-corrected chi connectivity index (χ3v) is 4.29. The molecule has 0 aliphatic carbocycles. The average Bonchev–Trinajstić information content (AvgIpc) is 3.15. The molecule has 0 aliphatic rings. The zero-order chi connectivity index (χ0) is 19.2. The molecule has 0 aliphatic heterocycles. The fraction of sp³-hybridized carbons (Fsp3) is 0.111. The van der Waals surface area contributed by atoms with Gasteiger partial charge in [0.15, 0.2) is 17.5 Å². The maximum Gasteiger partial charge on any atom is 0.310 e. The first kappa shape index (κ1) is 18.3. The first-order valence-electron chi connectivity index (χ1n) is 7.83. The number of carbonyl (C=O) groups is 1. The Morgan fingerprint density at radius 2 is 2.07 bits per heavy atom. The van der Waals surface area contributed by atoms with Gasteiger partial charge < -0.3 is 9.47 Å². The number of benzene rings is 2. The number of carbonyl (C=O) groups excluding carboxylic acids is 1. The molecule has 1 heterocycles. The van der Waals surface area contributed by atoms with Crippen LogP contribution in [-0.4, -0.2) is 29.5 Å². The SMILES string of the molecule is COc1cccc(-c2csc(NC(=O)COc3ccccc3[N+](=O)[O-])n2)c1. The third kappa shape index (κ3) is 4.59. The topological polar surface area (TPSA) is 104 Å². The van der Waals surface area contributed by atoms with Gasteiger partial charge in [-0.1, -0.05) is 24.3 Å². The van der Waals surface area contributed by atoms with Gasteiger partial charge in [-0.15, -0.1) is 11.3 Å². The van der Waals surface area contributed by atoms with Gasteiger partial charge in [-0.05, 0) is 18.2 Å². The summed E-state index contributed by atoms with van der Waals surface area (Å²) in [7, 11) is 1.59. The van der Waals surface area contributed by atoms with Crippen LogP contribution in [0.15, 0.2) is 53.9 Å². The van der Waals surface area contributed by atoms with Crippen LogP contribution in [0.4, 0.5) is 10.8 Å². The molecule has 0 bridgehead atoms. The standard InChI is InChI=1S/C18H15N3O5S/c1-25-13-6-4-5-12(9-13)14-11-27-18(19-14)20-17(22)10-26-16-8-3-2-7-15(16)21(23)24/h2-9,11H,10H2,1H3,(H,19,20,22). The quantitative estimate of drug-likeness (QED) is 0.491. The van der Waals surface area contributed by atoms with E-state index in [-0.39, 0.29) is 18.0 Å². The van der Waals surface area contributed by atoms with Gasteiger partial charge in [-0.25, -0.2) is 4.98 Å². The van der Waals surface area contributed by atoms with Crippen LogP contribution in [-0.2, 0) is 4.79 Å². The second-order valence-electron chi connectivity index (χ2n) is 5.33. The molecule has 2 aromatic carbocycles. The van der Waals surface area contributed by atoms with E-state index in [1.807, 2.05) is 29.6 Å². The van der Waals surface area contributed by atoms with E-state index in [0.29, 0.717) is 16.6 Å². The summed E-state index contributed by atoms with van der Waals surface area (Å²) in [6.07, 6.45) is 0. The van der Waals surface area contributed by atoms with E-state index in [2.05, 4.69) is 10.3 Å². The van der Waals surface area contributed by atoms with Crippen molar-refractivity contribution in [2.24, 2.45) is 0 Å². The van der Waals surface area contributed by atoms with Gasteiger partial charge in [-0.3, -0.25) is 20.2 Å². The highest BCUT2D eigenvalue weighted by Gasteiger charge is 2.15. The van der Waals surface area contributed by atoms with Crippen LogP contribution in [0.2, 0.25) is 0 Å². The summed E-state index contributed by atoms with van der Waals surface area (Å²) in [6.45, 7) is -0.362. The Labute approximate surface area is 158 Å². The number of nitro benzene ring substituents is 1. The van der Waals surface area contributed by atoms with Crippen molar-refractivity contribution >= 4 is 28.1 Å². The highest BCUT2D eigenvalue weighted by Crippen LogP contribution is 2.28. The lowest BCUT2D eigenvalue weighted by atomic mass is 10.2. The smallest absolute Gasteiger partial charge is 0.310 e. The van der Waals surface area contributed by atoms with Gasteiger partial charge in [0.05, 0.1) is 17.7 Å². The van der Waals surface area contributed by atoms with Crippen LogP contribution in [0.3, 0.4) is 0 Å². The highest BCUT2D eigenvalue weighted by molar-refractivity contribution is 7.14. The van der Waals surface area contributed by atoms with Gasteiger partial charge in [-0.2, -0.15) is 0 Å². The number of nitrogens with zero attached hydrogens (tertiary/aromatic N) is 2. The van der Waals surface area contributed by atoms with Gasteiger partial charge in [0.1, 0.15) is 5.75 Å². The van der Waals surface area contributed by atoms with E-state index in [4.69, 9.17) is 9.47 Å². The number of para-hydroxylation sites is 2. The zero-order valence-electron chi connectivity index (χ0n) is 14.2. The summed E-state index contributed by atoms with van der Waals surface area (Å²) in [5.74, 6) is 0.289. The molecule has 8 nitrogen and oxygen atoms in total. The van der Waals surface area contributed by atoms with E-state index in [1.54, 1.807) is 13.2 Å². The molecule has 1 amide bonds. The molecule has 3 rings (SSSR count). The van der Waals surface area contributed by atoms with Crippen molar-refractivity contribution in [2.75, 3.05) is 19.0 Å². The summed E-state index contributed by atoms with van der Waals surface area (Å²) in [6, 6.07) is 13.3. The molecule has 0 radical (unpaired) electrons.